The summed E-state index contributed by atoms with van der Waals surface area (Å²) in [5.74, 6) is 0.347. The number of benzene rings is 2. The Morgan fingerprint density at radius 2 is 1.82 bits per heavy atom. The molecular formula is C20H15ClN2O4S. The minimum absolute atomic E-state index is 0.0363. The molecule has 1 heterocycles. The van der Waals surface area contributed by atoms with Crippen LogP contribution in [-0.4, -0.2) is 10.8 Å². The fourth-order valence-corrected chi connectivity index (χ4v) is 3.10. The molecule has 8 heteroatoms. The SMILES string of the molecule is O=C(/C=C/c1ccc([N+](=O)[O-])s1)Nc1ccc(OCc2ccc(Cl)cc2)cc1. The van der Waals surface area contributed by atoms with Crippen molar-refractivity contribution in [2.75, 3.05) is 5.32 Å². The van der Waals surface area contributed by atoms with Crippen LogP contribution in [0.5, 0.6) is 5.75 Å². The summed E-state index contributed by atoms with van der Waals surface area (Å²) < 4.78 is 5.70. The number of nitrogens with one attached hydrogen (secondary N) is 1. The van der Waals surface area contributed by atoms with Crippen LogP contribution < -0.4 is 10.1 Å². The Morgan fingerprint density at radius 3 is 2.46 bits per heavy atom. The Balaban J connectivity index is 1.51. The predicted molar refractivity (Wildman–Crippen MR) is 111 cm³/mol. The molecule has 0 aliphatic heterocycles. The molecule has 0 aliphatic carbocycles. The third kappa shape index (κ3) is 5.67. The summed E-state index contributed by atoms with van der Waals surface area (Å²) in [6, 6.07) is 17.4. The van der Waals surface area contributed by atoms with Crippen LogP contribution in [0.25, 0.3) is 6.08 Å². The first kappa shape index (κ1) is 19.6. The van der Waals surface area contributed by atoms with Crippen LogP contribution in [0.15, 0.2) is 66.7 Å². The summed E-state index contributed by atoms with van der Waals surface area (Å²) >= 11 is 6.86. The van der Waals surface area contributed by atoms with Crippen molar-refractivity contribution in [3.8, 4) is 5.75 Å². The second kappa shape index (κ2) is 9.16. The van der Waals surface area contributed by atoms with Crippen molar-refractivity contribution in [1.82, 2.24) is 0 Å². The lowest BCUT2D eigenvalue weighted by molar-refractivity contribution is -0.380. The van der Waals surface area contributed by atoms with E-state index in [2.05, 4.69) is 5.32 Å². The van der Waals surface area contributed by atoms with Crippen molar-refractivity contribution >= 4 is 45.6 Å². The molecule has 6 nitrogen and oxygen atoms in total. The van der Waals surface area contributed by atoms with Crippen molar-refractivity contribution < 1.29 is 14.5 Å². The highest BCUT2D eigenvalue weighted by atomic mass is 35.5. The minimum atomic E-state index is -0.460. The summed E-state index contributed by atoms with van der Waals surface area (Å²) in [4.78, 5) is 22.8. The van der Waals surface area contributed by atoms with E-state index in [1.54, 1.807) is 42.5 Å². The molecule has 0 atom stereocenters. The van der Waals surface area contributed by atoms with Gasteiger partial charge in [-0.25, -0.2) is 0 Å². The number of amides is 1. The van der Waals surface area contributed by atoms with Crippen LogP contribution in [0.4, 0.5) is 10.7 Å². The lowest BCUT2D eigenvalue weighted by Crippen LogP contribution is -2.07. The Labute approximate surface area is 170 Å². The number of carbonyl (C=O) groups excluding carboxylic acids is 1. The molecule has 3 rings (SSSR count). The third-order valence-electron chi connectivity index (χ3n) is 3.63. The van der Waals surface area contributed by atoms with Crippen LogP contribution in [0.3, 0.4) is 0 Å². The summed E-state index contributed by atoms with van der Waals surface area (Å²) in [7, 11) is 0. The Morgan fingerprint density at radius 1 is 1.11 bits per heavy atom. The van der Waals surface area contributed by atoms with E-state index in [4.69, 9.17) is 16.3 Å². The molecule has 0 saturated heterocycles. The lowest BCUT2D eigenvalue weighted by Gasteiger charge is -2.08. The summed E-state index contributed by atoms with van der Waals surface area (Å²) in [5.41, 5.74) is 1.62. The molecule has 142 valence electrons. The van der Waals surface area contributed by atoms with Crippen molar-refractivity contribution in [2.24, 2.45) is 0 Å². The van der Waals surface area contributed by atoms with Crippen LogP contribution in [-0.2, 0) is 11.4 Å². The number of anilines is 1. The summed E-state index contributed by atoms with van der Waals surface area (Å²) in [6.45, 7) is 0.415. The molecule has 0 unspecified atom stereocenters. The van der Waals surface area contributed by atoms with Crippen LogP contribution >= 0.6 is 22.9 Å². The zero-order valence-corrected chi connectivity index (χ0v) is 16.1. The normalized spacial score (nSPS) is 10.8. The zero-order valence-electron chi connectivity index (χ0n) is 14.5. The van der Waals surface area contributed by atoms with E-state index in [-0.39, 0.29) is 10.9 Å². The van der Waals surface area contributed by atoms with Gasteiger partial charge >= 0.3 is 5.00 Å². The van der Waals surface area contributed by atoms with Gasteiger partial charge in [0, 0.05) is 27.7 Å². The molecule has 1 amide bonds. The topological polar surface area (TPSA) is 81.5 Å². The number of carbonyl (C=O) groups is 1. The maximum atomic E-state index is 12.0. The van der Waals surface area contributed by atoms with Gasteiger partial charge in [0.05, 0.1) is 4.92 Å². The van der Waals surface area contributed by atoms with Crippen molar-refractivity contribution in [3.63, 3.8) is 0 Å². The minimum Gasteiger partial charge on any atom is -0.489 e. The first-order chi connectivity index (χ1) is 13.5. The van der Waals surface area contributed by atoms with E-state index >= 15 is 0 Å². The Hall–Kier alpha value is -3.16. The standard InChI is InChI=1S/C20H15ClN2O4S/c21-15-3-1-14(2-4-15)13-27-17-7-5-16(6-8-17)22-19(24)11-9-18-10-12-20(28-18)23(25)26/h1-12H,13H2,(H,22,24)/b11-9+. The molecule has 0 radical (unpaired) electrons. The van der Waals surface area contributed by atoms with Gasteiger partial charge in [0.2, 0.25) is 5.91 Å². The molecule has 3 aromatic rings. The van der Waals surface area contributed by atoms with Crippen LogP contribution in [0.1, 0.15) is 10.4 Å². The highest BCUT2D eigenvalue weighted by molar-refractivity contribution is 7.16. The number of nitrogens with zero attached hydrogens (tertiary/aromatic N) is 1. The fraction of sp³-hybridized carbons (Fsp3) is 0.0500. The van der Waals surface area contributed by atoms with Gasteiger partial charge in [-0.05, 0) is 54.1 Å². The van der Waals surface area contributed by atoms with Crippen molar-refractivity contribution in [2.45, 2.75) is 6.61 Å². The van der Waals surface area contributed by atoms with E-state index in [1.165, 1.54) is 18.2 Å². The van der Waals surface area contributed by atoms with Crippen LogP contribution in [0.2, 0.25) is 5.02 Å². The predicted octanol–water partition coefficient (Wildman–Crippen LogP) is 5.54. The summed E-state index contributed by atoms with van der Waals surface area (Å²) in [5, 5.41) is 14.1. The van der Waals surface area contributed by atoms with E-state index in [9.17, 15) is 14.9 Å². The Bertz CT molecular complexity index is 998. The fourth-order valence-electron chi connectivity index (χ4n) is 2.25. The highest BCUT2D eigenvalue weighted by Crippen LogP contribution is 2.25. The quantitative estimate of drug-likeness (QED) is 0.312. The number of nitro groups is 1. The number of rotatable bonds is 7. The monoisotopic (exact) mass is 414 g/mol. The molecule has 0 saturated carbocycles. The molecule has 0 spiro atoms. The first-order valence-electron chi connectivity index (χ1n) is 8.20. The number of hydrogen-bond acceptors (Lipinski definition) is 5. The van der Waals surface area contributed by atoms with Crippen LogP contribution in [0, 0.1) is 10.1 Å². The molecule has 28 heavy (non-hydrogen) atoms. The van der Waals surface area contributed by atoms with Gasteiger partial charge in [-0.15, -0.1) is 0 Å². The second-order valence-corrected chi connectivity index (χ2v) is 7.23. The van der Waals surface area contributed by atoms with Gasteiger partial charge in [-0.1, -0.05) is 35.1 Å². The molecule has 1 N–H and O–H groups in total. The van der Waals surface area contributed by atoms with Crippen molar-refractivity contribution in [3.05, 3.63) is 92.3 Å². The molecule has 1 aromatic heterocycles. The van der Waals surface area contributed by atoms with Gasteiger partial charge in [0.1, 0.15) is 12.4 Å². The number of ether oxygens (including phenoxy) is 1. The second-order valence-electron chi connectivity index (χ2n) is 5.70. The van der Waals surface area contributed by atoms with Gasteiger partial charge in [-0.2, -0.15) is 0 Å². The molecule has 0 aliphatic rings. The smallest absolute Gasteiger partial charge is 0.324 e. The average Bonchev–Trinajstić information content (AvgIpc) is 3.17. The first-order valence-corrected chi connectivity index (χ1v) is 9.40. The van der Waals surface area contributed by atoms with Gasteiger partial charge in [0.25, 0.3) is 0 Å². The highest BCUT2D eigenvalue weighted by Gasteiger charge is 2.08. The number of thiophene rings is 1. The number of hydrogen-bond donors (Lipinski definition) is 1. The maximum Gasteiger partial charge on any atom is 0.324 e. The van der Waals surface area contributed by atoms with Gasteiger partial charge < -0.3 is 10.1 Å². The van der Waals surface area contributed by atoms with E-state index in [0.29, 0.717) is 27.9 Å². The molecule has 2 aromatic carbocycles. The van der Waals surface area contributed by atoms with Crippen molar-refractivity contribution in [1.29, 1.82) is 0 Å². The van der Waals surface area contributed by atoms with E-state index in [1.807, 2.05) is 12.1 Å². The zero-order chi connectivity index (χ0) is 19.9. The molecule has 0 bridgehead atoms. The molecular weight excluding hydrogens is 400 g/mol. The van der Waals surface area contributed by atoms with Gasteiger partial charge in [0.15, 0.2) is 0 Å². The van der Waals surface area contributed by atoms with E-state index < -0.39 is 4.92 Å². The maximum absolute atomic E-state index is 12.0. The third-order valence-corrected chi connectivity index (χ3v) is 4.89. The van der Waals surface area contributed by atoms with E-state index in [0.717, 1.165) is 16.9 Å². The number of halogens is 1. The van der Waals surface area contributed by atoms with Gasteiger partial charge in [-0.3, -0.25) is 14.9 Å². The molecule has 0 fully saturated rings. The largest absolute Gasteiger partial charge is 0.489 e. The lowest BCUT2D eigenvalue weighted by atomic mass is 10.2. The average molecular weight is 415 g/mol. The summed E-state index contributed by atoms with van der Waals surface area (Å²) in [6.07, 6.45) is 2.87. The Kier molecular flexibility index (Phi) is 6.41.